The van der Waals surface area contributed by atoms with Crippen LogP contribution in [0.1, 0.15) is 37.5 Å². The van der Waals surface area contributed by atoms with Crippen molar-refractivity contribution in [3.05, 3.63) is 5.82 Å². The van der Waals surface area contributed by atoms with Gasteiger partial charge in [-0.3, -0.25) is 4.79 Å². The number of carbonyl (C=O) groups excluding carboxylic acids is 1. The molecule has 1 aromatic heterocycles. The van der Waals surface area contributed by atoms with Gasteiger partial charge in [0.1, 0.15) is 11.5 Å². The summed E-state index contributed by atoms with van der Waals surface area (Å²) in [4.78, 5) is 11.6. The summed E-state index contributed by atoms with van der Waals surface area (Å²) in [6, 6.07) is 0.221. The average molecular weight is 299 g/mol. The van der Waals surface area contributed by atoms with Crippen LogP contribution >= 0.6 is 0 Å². The number of nitrogens with one attached hydrogen (secondary N) is 1. The van der Waals surface area contributed by atoms with E-state index in [0.717, 1.165) is 25.7 Å². The Morgan fingerprint density at radius 1 is 1.30 bits per heavy atom. The van der Waals surface area contributed by atoms with Crippen LogP contribution in [-0.4, -0.2) is 46.8 Å². The molecule has 2 fully saturated rings. The summed E-state index contributed by atoms with van der Waals surface area (Å²) >= 11 is 0. The van der Waals surface area contributed by atoms with Crippen molar-refractivity contribution in [1.29, 1.82) is 0 Å². The lowest BCUT2D eigenvalue weighted by atomic mass is 10.4. The second kappa shape index (κ2) is 5.12. The fourth-order valence-electron chi connectivity index (χ4n) is 1.99. The summed E-state index contributed by atoms with van der Waals surface area (Å²) in [6.07, 6.45) is 4.17. The van der Waals surface area contributed by atoms with Crippen LogP contribution in [0.3, 0.4) is 0 Å². The van der Waals surface area contributed by atoms with Crippen molar-refractivity contribution in [2.75, 3.05) is 12.3 Å². The summed E-state index contributed by atoms with van der Waals surface area (Å²) in [5.41, 5.74) is 0. The van der Waals surface area contributed by atoms with E-state index in [9.17, 15) is 13.2 Å². The molecule has 20 heavy (non-hydrogen) atoms. The van der Waals surface area contributed by atoms with E-state index in [4.69, 9.17) is 0 Å². The van der Waals surface area contributed by atoms with Crippen molar-refractivity contribution >= 4 is 15.7 Å². The monoisotopic (exact) mass is 299 g/mol. The first-order valence-electron chi connectivity index (χ1n) is 6.77. The largest absolute Gasteiger partial charge is 0.355 e. The molecule has 3 rings (SSSR count). The first-order chi connectivity index (χ1) is 9.53. The molecule has 0 unspecified atom stereocenters. The number of rotatable bonds is 7. The minimum atomic E-state index is -3.53. The van der Waals surface area contributed by atoms with Gasteiger partial charge in [-0.25, -0.2) is 13.1 Å². The van der Waals surface area contributed by atoms with Crippen molar-refractivity contribution in [3.63, 3.8) is 0 Å². The highest BCUT2D eigenvalue weighted by Gasteiger charge is 2.30. The summed E-state index contributed by atoms with van der Waals surface area (Å²) in [5, 5.41) is 13.7. The molecule has 9 heteroatoms. The molecule has 1 N–H and O–H groups in total. The number of hydrogen-bond donors (Lipinski definition) is 1. The molecule has 0 saturated heterocycles. The quantitative estimate of drug-likeness (QED) is 0.724. The molecule has 1 heterocycles. The van der Waals surface area contributed by atoms with Crippen LogP contribution in [0.25, 0.3) is 0 Å². The zero-order valence-corrected chi connectivity index (χ0v) is 11.8. The lowest BCUT2D eigenvalue weighted by Crippen LogP contribution is -2.32. The molecular formula is C11H17N5O3S. The topological polar surface area (TPSA) is 107 Å². The van der Waals surface area contributed by atoms with E-state index in [1.165, 1.54) is 0 Å². The molecule has 110 valence electrons. The molecule has 0 aromatic carbocycles. The van der Waals surface area contributed by atoms with Crippen LogP contribution in [0.4, 0.5) is 0 Å². The highest BCUT2D eigenvalue weighted by atomic mass is 32.2. The second-order valence-corrected chi connectivity index (χ2v) is 7.62. The Hall–Kier alpha value is -1.51. The van der Waals surface area contributed by atoms with Crippen LogP contribution in [0, 0.1) is 5.92 Å². The van der Waals surface area contributed by atoms with Gasteiger partial charge >= 0.3 is 0 Å². The Morgan fingerprint density at radius 2 is 2.05 bits per heavy atom. The number of nitrogens with zero attached hydrogens (tertiary/aromatic N) is 4. The molecule has 0 radical (unpaired) electrons. The highest BCUT2D eigenvalue weighted by molar-refractivity contribution is 7.91. The Bertz CT molecular complexity index is 603. The van der Waals surface area contributed by atoms with Crippen LogP contribution in [-0.2, 0) is 20.4 Å². The molecule has 0 aliphatic heterocycles. The maximum Gasteiger partial charge on any atom is 0.235 e. The van der Waals surface area contributed by atoms with Crippen molar-refractivity contribution in [2.24, 2.45) is 5.92 Å². The van der Waals surface area contributed by atoms with E-state index in [1.807, 2.05) is 0 Å². The fourth-order valence-corrected chi connectivity index (χ4v) is 3.18. The molecular weight excluding hydrogens is 282 g/mol. The molecule has 0 atom stereocenters. The number of amides is 1. The minimum absolute atomic E-state index is 0.221. The van der Waals surface area contributed by atoms with Gasteiger partial charge in [0.15, 0.2) is 15.7 Å². The number of sulfone groups is 1. The van der Waals surface area contributed by atoms with Gasteiger partial charge in [0.05, 0.1) is 6.04 Å². The van der Waals surface area contributed by atoms with Crippen LogP contribution in [0.5, 0.6) is 0 Å². The summed E-state index contributed by atoms with van der Waals surface area (Å²) in [6.45, 7) is 0.578. The Morgan fingerprint density at radius 3 is 2.70 bits per heavy atom. The zero-order chi connectivity index (χ0) is 14.2. The van der Waals surface area contributed by atoms with Gasteiger partial charge in [-0.15, -0.1) is 5.10 Å². The third kappa shape index (κ3) is 3.53. The maximum absolute atomic E-state index is 12.0. The van der Waals surface area contributed by atoms with Gasteiger partial charge < -0.3 is 5.32 Å². The van der Waals surface area contributed by atoms with Gasteiger partial charge in [-0.1, -0.05) is 0 Å². The first-order valence-corrected chi connectivity index (χ1v) is 8.59. The molecule has 2 aliphatic carbocycles. The summed E-state index contributed by atoms with van der Waals surface area (Å²) in [7, 11) is -3.53. The molecule has 0 bridgehead atoms. The van der Waals surface area contributed by atoms with Gasteiger partial charge in [0.25, 0.3) is 0 Å². The third-order valence-electron chi connectivity index (χ3n) is 3.44. The highest BCUT2D eigenvalue weighted by Crippen LogP contribution is 2.34. The Kier molecular flexibility index (Phi) is 3.45. The van der Waals surface area contributed by atoms with E-state index in [2.05, 4.69) is 20.8 Å². The lowest BCUT2D eigenvalue weighted by molar-refractivity contribution is -0.118. The van der Waals surface area contributed by atoms with Crippen LogP contribution in [0.15, 0.2) is 0 Å². The van der Waals surface area contributed by atoms with Crippen LogP contribution in [0.2, 0.25) is 0 Å². The number of aromatic nitrogens is 4. The predicted molar refractivity (Wildman–Crippen MR) is 69.3 cm³/mol. The number of hydrogen-bond acceptors (Lipinski definition) is 6. The second-order valence-electron chi connectivity index (χ2n) is 5.55. The molecule has 2 saturated carbocycles. The smallest absolute Gasteiger partial charge is 0.235 e. The van der Waals surface area contributed by atoms with Gasteiger partial charge in [-0.2, -0.15) is 0 Å². The van der Waals surface area contributed by atoms with E-state index in [1.54, 1.807) is 4.68 Å². The van der Waals surface area contributed by atoms with Crippen molar-refractivity contribution in [1.82, 2.24) is 25.5 Å². The predicted octanol–water partition coefficient (Wildman–Crippen LogP) is -0.551. The molecule has 8 nitrogen and oxygen atoms in total. The number of carbonyl (C=O) groups is 1. The third-order valence-corrected chi connectivity index (χ3v) is 4.84. The van der Waals surface area contributed by atoms with Crippen LogP contribution < -0.4 is 5.32 Å². The van der Waals surface area contributed by atoms with E-state index in [-0.39, 0.29) is 11.8 Å². The van der Waals surface area contributed by atoms with E-state index >= 15 is 0 Å². The van der Waals surface area contributed by atoms with E-state index in [0.29, 0.717) is 18.3 Å². The maximum atomic E-state index is 12.0. The molecule has 1 amide bonds. The Balaban J connectivity index is 1.56. The standard InChI is InChI=1S/C11H17N5O3S/c17-11(12-5-8-1-2-8)7-20(18,19)6-10-13-14-15-16(10)9-3-4-9/h8-9H,1-7H2,(H,12,17). The van der Waals surface area contributed by atoms with Crippen molar-refractivity contribution in [3.8, 4) is 0 Å². The summed E-state index contributed by atoms with van der Waals surface area (Å²) in [5.74, 6) is -0.376. The SMILES string of the molecule is O=C(CS(=O)(=O)Cc1nnnn1C1CC1)NCC1CC1. The summed E-state index contributed by atoms with van der Waals surface area (Å²) < 4.78 is 25.5. The fraction of sp³-hybridized carbons (Fsp3) is 0.818. The van der Waals surface area contributed by atoms with Gasteiger partial charge in [0.2, 0.25) is 5.91 Å². The normalized spacial score (nSPS) is 19.0. The average Bonchev–Trinajstić information content (AvgIpc) is 3.27. The Labute approximate surface area is 116 Å². The number of tetrazole rings is 1. The molecule has 1 aromatic rings. The van der Waals surface area contributed by atoms with E-state index < -0.39 is 21.5 Å². The van der Waals surface area contributed by atoms with Crippen molar-refractivity contribution in [2.45, 2.75) is 37.5 Å². The van der Waals surface area contributed by atoms with Gasteiger partial charge in [0, 0.05) is 6.54 Å². The van der Waals surface area contributed by atoms with Crippen molar-refractivity contribution < 1.29 is 13.2 Å². The first kappa shape index (κ1) is 13.5. The molecule has 2 aliphatic rings. The minimum Gasteiger partial charge on any atom is -0.355 e. The molecule has 0 spiro atoms. The lowest BCUT2D eigenvalue weighted by Gasteiger charge is -2.06. The van der Waals surface area contributed by atoms with Gasteiger partial charge in [-0.05, 0) is 42.0 Å². The zero-order valence-electron chi connectivity index (χ0n) is 11.0.